The Morgan fingerprint density at radius 1 is 1.35 bits per heavy atom. The van der Waals surface area contributed by atoms with Gasteiger partial charge in [-0.05, 0) is 6.07 Å². The topological polar surface area (TPSA) is 75.1 Å². The number of carboxylic acid groups (broad SMARTS) is 1. The molecule has 1 aromatic rings. The van der Waals surface area contributed by atoms with Gasteiger partial charge in [-0.25, -0.2) is 9.78 Å². The molecule has 0 aromatic carbocycles. The Bertz CT molecular complexity index is 540. The lowest BCUT2D eigenvalue weighted by Gasteiger charge is -2.28. The van der Waals surface area contributed by atoms with Gasteiger partial charge >= 0.3 is 5.97 Å². The number of rotatable bonds is 3. The van der Waals surface area contributed by atoms with Crippen molar-refractivity contribution in [2.24, 2.45) is 0 Å². The molecule has 0 bridgehead atoms. The van der Waals surface area contributed by atoms with Crippen LogP contribution >= 0.6 is 0 Å². The van der Waals surface area contributed by atoms with Crippen molar-refractivity contribution in [3.8, 4) is 0 Å². The van der Waals surface area contributed by atoms with E-state index in [4.69, 9.17) is 14.6 Å². The summed E-state index contributed by atoms with van der Waals surface area (Å²) in [6.07, 6.45) is 2.94. The van der Waals surface area contributed by atoms with E-state index in [0.29, 0.717) is 13.2 Å². The SMILES string of the molecule is O=C(O)C1=COCN1c1ccnc(N2CCOCC2)c1. The minimum atomic E-state index is -1.01. The van der Waals surface area contributed by atoms with Crippen molar-refractivity contribution in [2.75, 3.05) is 42.8 Å². The Morgan fingerprint density at radius 2 is 2.15 bits per heavy atom. The monoisotopic (exact) mass is 277 g/mol. The number of hydrogen-bond donors (Lipinski definition) is 1. The van der Waals surface area contributed by atoms with Gasteiger partial charge < -0.3 is 19.5 Å². The molecule has 7 nitrogen and oxygen atoms in total. The molecule has 3 heterocycles. The third-order valence-electron chi connectivity index (χ3n) is 3.28. The fourth-order valence-electron chi connectivity index (χ4n) is 2.24. The average Bonchev–Trinajstić information content (AvgIpc) is 2.98. The first-order chi connectivity index (χ1) is 9.75. The van der Waals surface area contributed by atoms with Crippen molar-refractivity contribution < 1.29 is 19.4 Å². The number of carbonyl (C=O) groups is 1. The molecule has 0 aliphatic carbocycles. The van der Waals surface area contributed by atoms with Crippen molar-refractivity contribution >= 4 is 17.5 Å². The molecule has 1 N–H and O–H groups in total. The summed E-state index contributed by atoms with van der Waals surface area (Å²) >= 11 is 0. The van der Waals surface area contributed by atoms with Gasteiger partial charge in [0.15, 0.2) is 12.4 Å². The summed E-state index contributed by atoms with van der Waals surface area (Å²) in [5, 5.41) is 9.13. The van der Waals surface area contributed by atoms with Gasteiger partial charge in [-0.3, -0.25) is 4.90 Å². The van der Waals surface area contributed by atoms with E-state index in [-0.39, 0.29) is 12.4 Å². The van der Waals surface area contributed by atoms with E-state index in [1.807, 2.05) is 6.07 Å². The number of hydrogen-bond acceptors (Lipinski definition) is 6. The number of pyridine rings is 1. The number of anilines is 2. The highest BCUT2D eigenvalue weighted by Gasteiger charge is 2.25. The third-order valence-corrected chi connectivity index (χ3v) is 3.28. The zero-order valence-corrected chi connectivity index (χ0v) is 10.9. The van der Waals surface area contributed by atoms with Gasteiger partial charge in [0.2, 0.25) is 0 Å². The summed E-state index contributed by atoms with van der Waals surface area (Å²) < 4.78 is 10.4. The zero-order valence-electron chi connectivity index (χ0n) is 10.9. The number of aliphatic carboxylic acids is 1. The number of nitrogens with zero attached hydrogens (tertiary/aromatic N) is 3. The fraction of sp³-hybridized carbons (Fsp3) is 0.385. The first kappa shape index (κ1) is 12.7. The maximum absolute atomic E-state index is 11.1. The smallest absolute Gasteiger partial charge is 0.355 e. The van der Waals surface area contributed by atoms with Crippen LogP contribution in [0.2, 0.25) is 0 Å². The molecule has 7 heteroatoms. The van der Waals surface area contributed by atoms with E-state index in [0.717, 1.165) is 24.6 Å². The molecule has 20 heavy (non-hydrogen) atoms. The van der Waals surface area contributed by atoms with Crippen LogP contribution in [0.15, 0.2) is 30.3 Å². The van der Waals surface area contributed by atoms with Crippen LogP contribution in [0.3, 0.4) is 0 Å². The number of ether oxygens (including phenoxy) is 2. The first-order valence-corrected chi connectivity index (χ1v) is 6.37. The summed E-state index contributed by atoms with van der Waals surface area (Å²) in [7, 11) is 0. The van der Waals surface area contributed by atoms with Crippen LogP contribution in [0.25, 0.3) is 0 Å². The van der Waals surface area contributed by atoms with E-state index < -0.39 is 5.97 Å². The molecule has 1 fully saturated rings. The Kier molecular flexibility index (Phi) is 3.42. The van der Waals surface area contributed by atoms with Gasteiger partial charge in [-0.15, -0.1) is 0 Å². The Morgan fingerprint density at radius 3 is 2.90 bits per heavy atom. The maximum Gasteiger partial charge on any atom is 0.355 e. The van der Waals surface area contributed by atoms with Gasteiger partial charge in [0.05, 0.1) is 13.2 Å². The van der Waals surface area contributed by atoms with Crippen LogP contribution < -0.4 is 9.80 Å². The largest absolute Gasteiger partial charge is 0.478 e. The molecule has 3 rings (SSSR count). The minimum absolute atomic E-state index is 0.129. The molecule has 1 aromatic heterocycles. The molecule has 0 atom stereocenters. The summed E-state index contributed by atoms with van der Waals surface area (Å²) in [5.41, 5.74) is 0.886. The molecular formula is C13H15N3O4. The van der Waals surface area contributed by atoms with E-state index in [2.05, 4.69) is 9.88 Å². The lowest BCUT2D eigenvalue weighted by Crippen LogP contribution is -2.36. The van der Waals surface area contributed by atoms with E-state index in [1.54, 1.807) is 17.2 Å². The second-order valence-electron chi connectivity index (χ2n) is 4.50. The Balaban J connectivity index is 1.84. The second kappa shape index (κ2) is 5.38. The zero-order chi connectivity index (χ0) is 13.9. The molecule has 0 saturated carbocycles. The lowest BCUT2D eigenvalue weighted by molar-refractivity contribution is -0.132. The standard InChI is InChI=1S/C13H15N3O4/c17-13(18)11-8-20-9-16(11)10-1-2-14-12(7-10)15-3-5-19-6-4-15/h1-2,7-8H,3-6,9H2,(H,17,18). The molecule has 0 radical (unpaired) electrons. The molecule has 2 aliphatic rings. The highest BCUT2D eigenvalue weighted by atomic mass is 16.5. The summed E-state index contributed by atoms with van der Waals surface area (Å²) in [5.74, 6) is -0.185. The van der Waals surface area contributed by atoms with E-state index in [1.165, 1.54) is 6.26 Å². The van der Waals surface area contributed by atoms with Crippen LogP contribution in [-0.2, 0) is 14.3 Å². The number of aromatic nitrogens is 1. The quantitative estimate of drug-likeness (QED) is 0.868. The molecule has 0 unspecified atom stereocenters. The van der Waals surface area contributed by atoms with Crippen LogP contribution in [0.1, 0.15) is 0 Å². The molecule has 2 aliphatic heterocycles. The normalized spacial score (nSPS) is 18.7. The van der Waals surface area contributed by atoms with Crippen LogP contribution in [-0.4, -0.2) is 49.1 Å². The van der Waals surface area contributed by atoms with Gasteiger partial charge in [0.25, 0.3) is 0 Å². The Hall–Kier alpha value is -2.28. The van der Waals surface area contributed by atoms with E-state index in [9.17, 15) is 4.79 Å². The van der Waals surface area contributed by atoms with Gasteiger partial charge in [-0.2, -0.15) is 0 Å². The fourth-order valence-corrected chi connectivity index (χ4v) is 2.24. The maximum atomic E-state index is 11.1. The highest BCUT2D eigenvalue weighted by Crippen LogP contribution is 2.26. The molecule has 0 amide bonds. The molecule has 0 spiro atoms. The van der Waals surface area contributed by atoms with Gasteiger partial charge in [-0.1, -0.05) is 0 Å². The summed E-state index contributed by atoms with van der Waals surface area (Å²) in [4.78, 5) is 19.2. The minimum Gasteiger partial charge on any atom is -0.478 e. The van der Waals surface area contributed by atoms with Gasteiger partial charge in [0.1, 0.15) is 12.1 Å². The van der Waals surface area contributed by atoms with E-state index >= 15 is 0 Å². The summed E-state index contributed by atoms with van der Waals surface area (Å²) in [6.45, 7) is 3.13. The third kappa shape index (κ3) is 2.39. The van der Waals surface area contributed by atoms with Crippen LogP contribution in [0, 0.1) is 0 Å². The summed E-state index contributed by atoms with van der Waals surface area (Å²) in [6, 6.07) is 3.65. The predicted octanol–water partition coefficient (Wildman–Crippen LogP) is 0.638. The number of carboxylic acids is 1. The van der Waals surface area contributed by atoms with Crippen molar-refractivity contribution in [3.63, 3.8) is 0 Å². The van der Waals surface area contributed by atoms with Crippen LogP contribution in [0.4, 0.5) is 11.5 Å². The first-order valence-electron chi connectivity index (χ1n) is 6.37. The van der Waals surface area contributed by atoms with Crippen LogP contribution in [0.5, 0.6) is 0 Å². The van der Waals surface area contributed by atoms with Gasteiger partial charge in [0, 0.05) is 31.0 Å². The van der Waals surface area contributed by atoms with Crippen molar-refractivity contribution in [3.05, 3.63) is 30.3 Å². The average molecular weight is 277 g/mol. The highest BCUT2D eigenvalue weighted by molar-refractivity contribution is 5.91. The number of morpholine rings is 1. The predicted molar refractivity (Wildman–Crippen MR) is 71.4 cm³/mol. The van der Waals surface area contributed by atoms with Crippen molar-refractivity contribution in [1.29, 1.82) is 0 Å². The van der Waals surface area contributed by atoms with Crippen molar-refractivity contribution in [2.45, 2.75) is 0 Å². The molecule has 1 saturated heterocycles. The molecule has 106 valence electrons. The second-order valence-corrected chi connectivity index (χ2v) is 4.50. The molecular weight excluding hydrogens is 262 g/mol. The van der Waals surface area contributed by atoms with Crippen molar-refractivity contribution in [1.82, 2.24) is 4.98 Å². The lowest BCUT2D eigenvalue weighted by atomic mass is 10.3. The Labute approximate surface area is 116 Å².